The summed E-state index contributed by atoms with van der Waals surface area (Å²) < 4.78 is 1.14. The van der Waals surface area contributed by atoms with Crippen molar-refractivity contribution in [2.75, 3.05) is 11.9 Å². The van der Waals surface area contributed by atoms with Crippen molar-refractivity contribution in [2.24, 2.45) is 0 Å². The Morgan fingerprint density at radius 1 is 1.05 bits per heavy atom. The normalized spacial score (nSPS) is 10.8. The van der Waals surface area contributed by atoms with Crippen molar-refractivity contribution in [2.45, 2.75) is 26.4 Å². The molecule has 0 aliphatic carbocycles. The third kappa shape index (κ3) is 3.84. The Labute approximate surface area is 129 Å². The van der Waals surface area contributed by atoms with Gasteiger partial charge in [0, 0.05) is 35.5 Å². The van der Waals surface area contributed by atoms with Gasteiger partial charge in [-0.3, -0.25) is 0 Å². The van der Waals surface area contributed by atoms with E-state index in [2.05, 4.69) is 89.5 Å². The molecule has 0 aliphatic rings. The highest BCUT2D eigenvalue weighted by atomic mass is 79.9. The third-order valence-electron chi connectivity index (χ3n) is 3.27. The van der Waals surface area contributed by atoms with E-state index >= 15 is 0 Å². The van der Waals surface area contributed by atoms with Crippen molar-refractivity contribution in [1.82, 2.24) is 5.32 Å². The molecule has 0 unspecified atom stereocenters. The molecule has 0 fully saturated rings. The Hall–Kier alpha value is -1.32. The number of rotatable bonds is 5. The maximum Gasteiger partial charge on any atom is 0.0419 e. The number of halogens is 1. The van der Waals surface area contributed by atoms with Crippen LogP contribution in [-0.4, -0.2) is 13.1 Å². The summed E-state index contributed by atoms with van der Waals surface area (Å²) in [5.74, 6) is 0. The molecule has 0 aliphatic heterocycles. The highest BCUT2D eigenvalue weighted by Crippen LogP contribution is 2.28. The van der Waals surface area contributed by atoms with Gasteiger partial charge < -0.3 is 10.2 Å². The van der Waals surface area contributed by atoms with Crippen molar-refractivity contribution in [3.05, 3.63) is 58.6 Å². The first-order valence-electron chi connectivity index (χ1n) is 6.88. The van der Waals surface area contributed by atoms with E-state index in [9.17, 15) is 0 Å². The number of hydrogen-bond donors (Lipinski definition) is 1. The first-order chi connectivity index (χ1) is 9.58. The van der Waals surface area contributed by atoms with Gasteiger partial charge in [-0.25, -0.2) is 0 Å². The molecule has 0 heterocycles. The summed E-state index contributed by atoms with van der Waals surface area (Å²) in [6.07, 6.45) is 0. The molecule has 20 heavy (non-hydrogen) atoms. The van der Waals surface area contributed by atoms with Gasteiger partial charge in [0.1, 0.15) is 0 Å². The van der Waals surface area contributed by atoms with Gasteiger partial charge in [-0.15, -0.1) is 0 Å². The van der Waals surface area contributed by atoms with Crippen molar-refractivity contribution < 1.29 is 0 Å². The fraction of sp³-hybridized carbons (Fsp3) is 0.294. The van der Waals surface area contributed by atoms with Gasteiger partial charge in [-0.1, -0.05) is 54.0 Å². The first kappa shape index (κ1) is 15.1. The number of nitrogens with zero attached hydrogens (tertiary/aromatic N) is 1. The molecule has 0 bridgehead atoms. The molecule has 1 N–H and O–H groups in total. The largest absolute Gasteiger partial charge is 0.345 e. The molecule has 2 nitrogen and oxygen atoms in total. The number of anilines is 2. The zero-order chi connectivity index (χ0) is 14.5. The molecule has 0 spiro atoms. The van der Waals surface area contributed by atoms with E-state index in [1.165, 1.54) is 16.9 Å². The third-order valence-corrected chi connectivity index (χ3v) is 4.01. The van der Waals surface area contributed by atoms with Crippen molar-refractivity contribution in [3.8, 4) is 0 Å². The van der Waals surface area contributed by atoms with Crippen LogP contribution in [0.3, 0.4) is 0 Å². The standard InChI is InChI=1S/C17H21BrN2/c1-13(2)19-12-14-9-10-16(11-17(14)18)20(3)15-7-5-4-6-8-15/h4-11,13,19H,12H2,1-3H3. The average Bonchev–Trinajstić information content (AvgIpc) is 2.46. The molecule has 3 heteroatoms. The van der Waals surface area contributed by atoms with Gasteiger partial charge in [0.25, 0.3) is 0 Å². The summed E-state index contributed by atoms with van der Waals surface area (Å²) in [6.45, 7) is 5.20. The summed E-state index contributed by atoms with van der Waals surface area (Å²) in [4.78, 5) is 2.18. The van der Waals surface area contributed by atoms with Crippen LogP contribution in [0.5, 0.6) is 0 Å². The van der Waals surface area contributed by atoms with Gasteiger partial charge >= 0.3 is 0 Å². The van der Waals surface area contributed by atoms with E-state index in [0.717, 1.165) is 11.0 Å². The summed E-state index contributed by atoms with van der Waals surface area (Å²) in [7, 11) is 2.09. The highest BCUT2D eigenvalue weighted by molar-refractivity contribution is 9.10. The van der Waals surface area contributed by atoms with E-state index < -0.39 is 0 Å². The van der Waals surface area contributed by atoms with Gasteiger partial charge in [-0.2, -0.15) is 0 Å². The van der Waals surface area contributed by atoms with Crippen molar-refractivity contribution >= 4 is 27.3 Å². The Bertz CT molecular complexity index is 552. The Morgan fingerprint density at radius 2 is 1.75 bits per heavy atom. The van der Waals surface area contributed by atoms with Gasteiger partial charge in [0.15, 0.2) is 0 Å². The molecule has 2 rings (SSSR count). The van der Waals surface area contributed by atoms with Crippen molar-refractivity contribution in [1.29, 1.82) is 0 Å². The minimum atomic E-state index is 0.494. The summed E-state index contributed by atoms with van der Waals surface area (Å²) in [5, 5.41) is 3.44. The second-order valence-electron chi connectivity index (χ2n) is 5.21. The molecular formula is C17H21BrN2. The number of para-hydroxylation sites is 1. The van der Waals surface area contributed by atoms with Crippen LogP contribution in [0.1, 0.15) is 19.4 Å². The van der Waals surface area contributed by atoms with Crippen LogP contribution in [0.4, 0.5) is 11.4 Å². The minimum Gasteiger partial charge on any atom is -0.345 e. The fourth-order valence-corrected chi connectivity index (χ4v) is 2.51. The lowest BCUT2D eigenvalue weighted by molar-refractivity contribution is 0.588. The maximum absolute atomic E-state index is 3.67. The summed E-state index contributed by atoms with van der Waals surface area (Å²) in [6, 6.07) is 17.4. The van der Waals surface area contributed by atoms with Crippen LogP contribution in [0.2, 0.25) is 0 Å². The van der Waals surface area contributed by atoms with Crippen LogP contribution < -0.4 is 10.2 Å². The Morgan fingerprint density at radius 3 is 2.35 bits per heavy atom. The SMILES string of the molecule is CC(C)NCc1ccc(N(C)c2ccccc2)cc1Br. The molecule has 2 aromatic carbocycles. The van der Waals surface area contributed by atoms with Crippen LogP contribution in [0, 0.1) is 0 Å². The predicted octanol–water partition coefficient (Wildman–Crippen LogP) is 4.72. The van der Waals surface area contributed by atoms with Gasteiger partial charge in [-0.05, 0) is 29.8 Å². The summed E-state index contributed by atoms with van der Waals surface area (Å²) in [5.41, 5.74) is 3.65. The molecule has 0 radical (unpaired) electrons. The van der Waals surface area contributed by atoms with Gasteiger partial charge in [0.05, 0.1) is 0 Å². The highest BCUT2D eigenvalue weighted by Gasteiger charge is 2.07. The zero-order valence-electron chi connectivity index (χ0n) is 12.2. The van der Waals surface area contributed by atoms with E-state index in [0.29, 0.717) is 6.04 Å². The monoisotopic (exact) mass is 332 g/mol. The van der Waals surface area contributed by atoms with E-state index in [1.54, 1.807) is 0 Å². The molecule has 0 amide bonds. The quantitative estimate of drug-likeness (QED) is 0.852. The average molecular weight is 333 g/mol. The second kappa shape index (κ2) is 6.91. The number of nitrogens with one attached hydrogen (secondary N) is 1. The molecule has 0 saturated heterocycles. The van der Waals surface area contributed by atoms with Crippen LogP contribution in [0.15, 0.2) is 53.0 Å². The number of benzene rings is 2. The van der Waals surface area contributed by atoms with E-state index in [-0.39, 0.29) is 0 Å². The molecular weight excluding hydrogens is 312 g/mol. The van der Waals surface area contributed by atoms with Gasteiger partial charge in [0.2, 0.25) is 0 Å². The van der Waals surface area contributed by atoms with Crippen LogP contribution in [-0.2, 0) is 6.54 Å². The Balaban J connectivity index is 2.16. The zero-order valence-corrected chi connectivity index (χ0v) is 13.8. The molecule has 0 saturated carbocycles. The van der Waals surface area contributed by atoms with Crippen LogP contribution in [0.25, 0.3) is 0 Å². The van der Waals surface area contributed by atoms with E-state index in [4.69, 9.17) is 0 Å². The minimum absolute atomic E-state index is 0.494. The molecule has 0 aromatic heterocycles. The molecule has 106 valence electrons. The smallest absolute Gasteiger partial charge is 0.0419 e. The maximum atomic E-state index is 3.67. The summed E-state index contributed by atoms with van der Waals surface area (Å²) >= 11 is 3.67. The Kier molecular flexibility index (Phi) is 5.21. The molecule has 0 atom stereocenters. The lowest BCUT2D eigenvalue weighted by atomic mass is 10.1. The van der Waals surface area contributed by atoms with Crippen LogP contribution >= 0.6 is 15.9 Å². The topological polar surface area (TPSA) is 15.3 Å². The molecule has 2 aromatic rings. The lowest BCUT2D eigenvalue weighted by Gasteiger charge is -2.20. The van der Waals surface area contributed by atoms with Crippen molar-refractivity contribution in [3.63, 3.8) is 0 Å². The van der Waals surface area contributed by atoms with E-state index in [1.807, 2.05) is 6.07 Å². The predicted molar refractivity (Wildman–Crippen MR) is 90.6 cm³/mol. The first-order valence-corrected chi connectivity index (χ1v) is 7.68. The number of hydrogen-bond acceptors (Lipinski definition) is 2. The second-order valence-corrected chi connectivity index (χ2v) is 6.06. The fourth-order valence-electron chi connectivity index (χ4n) is 2.00. The lowest BCUT2D eigenvalue weighted by Crippen LogP contribution is -2.22.